The van der Waals surface area contributed by atoms with Gasteiger partial charge in [0.1, 0.15) is 13.2 Å². The van der Waals surface area contributed by atoms with Gasteiger partial charge < -0.3 is 15.4 Å². The summed E-state index contributed by atoms with van der Waals surface area (Å²) in [5.74, 6) is -1.43. The molecule has 2 amide bonds. The topological polar surface area (TPSA) is 128 Å². The summed E-state index contributed by atoms with van der Waals surface area (Å²) in [6.45, 7) is -0.0798. The van der Waals surface area contributed by atoms with Crippen molar-refractivity contribution in [1.82, 2.24) is 10.6 Å². The van der Waals surface area contributed by atoms with Crippen LogP contribution in [0.5, 0.6) is 0 Å². The summed E-state index contributed by atoms with van der Waals surface area (Å²) in [6.07, 6.45) is -0.0231. The normalized spacial score (nSPS) is 10.0. The maximum absolute atomic E-state index is 11.9. The Morgan fingerprint density at radius 1 is 0.964 bits per heavy atom. The van der Waals surface area contributed by atoms with Crippen LogP contribution in [0.4, 0.5) is 5.69 Å². The van der Waals surface area contributed by atoms with E-state index in [1.54, 1.807) is 0 Å². The molecular formula is C19H19N3O6. The van der Waals surface area contributed by atoms with E-state index in [-0.39, 0.29) is 37.4 Å². The Kier molecular flexibility index (Phi) is 7.64. The second kappa shape index (κ2) is 10.4. The van der Waals surface area contributed by atoms with Crippen molar-refractivity contribution in [3.05, 3.63) is 75.8 Å². The van der Waals surface area contributed by atoms with Crippen LogP contribution in [-0.2, 0) is 20.9 Å². The van der Waals surface area contributed by atoms with Crippen molar-refractivity contribution < 1.29 is 24.0 Å². The number of hydrogen-bond donors (Lipinski definition) is 2. The minimum atomic E-state index is -0.563. The SMILES string of the molecule is O=C(CCNC(=O)c1ccc([N+](=O)[O-])cc1)NCC(=O)OCc1ccccc1. The number of rotatable bonds is 9. The van der Waals surface area contributed by atoms with E-state index in [1.807, 2.05) is 30.3 Å². The van der Waals surface area contributed by atoms with Crippen LogP contribution in [-0.4, -0.2) is 35.8 Å². The van der Waals surface area contributed by atoms with Gasteiger partial charge in [0.2, 0.25) is 5.91 Å². The molecule has 0 bridgehead atoms. The number of carbonyl (C=O) groups excluding carboxylic acids is 3. The highest BCUT2D eigenvalue weighted by molar-refractivity contribution is 5.94. The lowest BCUT2D eigenvalue weighted by molar-refractivity contribution is -0.384. The number of nitro benzene ring substituents is 1. The molecule has 0 unspecified atom stereocenters. The Labute approximate surface area is 160 Å². The summed E-state index contributed by atoms with van der Waals surface area (Å²) in [6, 6.07) is 14.3. The Balaban J connectivity index is 1.63. The van der Waals surface area contributed by atoms with Crippen LogP contribution in [0.3, 0.4) is 0 Å². The zero-order valence-electron chi connectivity index (χ0n) is 14.9. The monoisotopic (exact) mass is 385 g/mol. The fraction of sp³-hybridized carbons (Fsp3) is 0.211. The van der Waals surface area contributed by atoms with Crippen molar-refractivity contribution >= 4 is 23.5 Å². The second-order valence-electron chi connectivity index (χ2n) is 5.73. The van der Waals surface area contributed by atoms with Crippen molar-refractivity contribution in [3.8, 4) is 0 Å². The highest BCUT2D eigenvalue weighted by Crippen LogP contribution is 2.11. The molecule has 0 aliphatic rings. The Bertz CT molecular complexity index is 837. The van der Waals surface area contributed by atoms with E-state index < -0.39 is 22.7 Å². The first kappa shape index (κ1) is 20.6. The third-order valence-corrected chi connectivity index (χ3v) is 3.65. The maximum atomic E-state index is 11.9. The molecule has 9 nitrogen and oxygen atoms in total. The molecule has 0 saturated carbocycles. The molecule has 0 fully saturated rings. The fourth-order valence-electron chi connectivity index (χ4n) is 2.17. The molecule has 0 radical (unpaired) electrons. The number of non-ortho nitro benzene ring substituents is 1. The summed E-state index contributed by atoms with van der Waals surface area (Å²) in [4.78, 5) is 45.3. The van der Waals surface area contributed by atoms with Gasteiger partial charge in [0.15, 0.2) is 0 Å². The van der Waals surface area contributed by atoms with Crippen molar-refractivity contribution in [2.24, 2.45) is 0 Å². The van der Waals surface area contributed by atoms with Gasteiger partial charge in [-0.15, -0.1) is 0 Å². The average Bonchev–Trinajstić information content (AvgIpc) is 2.71. The summed E-state index contributed by atoms with van der Waals surface area (Å²) >= 11 is 0. The van der Waals surface area contributed by atoms with Gasteiger partial charge in [0.05, 0.1) is 4.92 Å². The number of esters is 1. The summed E-state index contributed by atoms with van der Waals surface area (Å²) in [7, 11) is 0. The molecule has 0 spiro atoms. The smallest absolute Gasteiger partial charge is 0.325 e. The van der Waals surface area contributed by atoms with E-state index in [0.29, 0.717) is 0 Å². The Morgan fingerprint density at radius 3 is 2.29 bits per heavy atom. The second-order valence-corrected chi connectivity index (χ2v) is 5.73. The van der Waals surface area contributed by atoms with Gasteiger partial charge in [0.25, 0.3) is 11.6 Å². The van der Waals surface area contributed by atoms with Crippen LogP contribution in [0.1, 0.15) is 22.3 Å². The zero-order valence-corrected chi connectivity index (χ0v) is 14.9. The number of nitro groups is 1. The number of hydrogen-bond acceptors (Lipinski definition) is 6. The molecular weight excluding hydrogens is 366 g/mol. The highest BCUT2D eigenvalue weighted by atomic mass is 16.6. The Morgan fingerprint density at radius 2 is 1.64 bits per heavy atom. The van der Waals surface area contributed by atoms with E-state index in [4.69, 9.17) is 4.74 Å². The van der Waals surface area contributed by atoms with E-state index in [0.717, 1.165) is 5.56 Å². The number of amides is 2. The molecule has 0 atom stereocenters. The van der Waals surface area contributed by atoms with Crippen LogP contribution in [0.15, 0.2) is 54.6 Å². The number of ether oxygens (including phenoxy) is 1. The molecule has 0 aliphatic carbocycles. The first-order chi connectivity index (χ1) is 13.5. The van der Waals surface area contributed by atoms with Crippen molar-refractivity contribution in [3.63, 3.8) is 0 Å². The molecule has 146 valence electrons. The van der Waals surface area contributed by atoms with E-state index >= 15 is 0 Å². The molecule has 9 heteroatoms. The van der Waals surface area contributed by atoms with E-state index in [2.05, 4.69) is 10.6 Å². The molecule has 0 aliphatic heterocycles. The molecule has 28 heavy (non-hydrogen) atoms. The molecule has 2 rings (SSSR count). The van der Waals surface area contributed by atoms with Crippen LogP contribution < -0.4 is 10.6 Å². The molecule has 2 aromatic rings. The summed E-state index contributed by atoms with van der Waals surface area (Å²) < 4.78 is 5.03. The van der Waals surface area contributed by atoms with Crippen LogP contribution in [0.2, 0.25) is 0 Å². The van der Waals surface area contributed by atoms with Gasteiger partial charge in [-0.25, -0.2) is 0 Å². The number of benzene rings is 2. The molecule has 2 N–H and O–H groups in total. The Hall–Kier alpha value is -3.75. The summed E-state index contributed by atoms with van der Waals surface area (Å²) in [5.41, 5.74) is 0.974. The predicted octanol–water partition coefficient (Wildman–Crippen LogP) is 1.57. The molecule has 0 heterocycles. The lowest BCUT2D eigenvalue weighted by atomic mass is 10.2. The minimum Gasteiger partial charge on any atom is -0.460 e. The number of carbonyl (C=O) groups is 3. The van der Waals surface area contributed by atoms with E-state index in [9.17, 15) is 24.5 Å². The van der Waals surface area contributed by atoms with Gasteiger partial charge in [-0.05, 0) is 17.7 Å². The first-order valence-corrected chi connectivity index (χ1v) is 8.44. The van der Waals surface area contributed by atoms with Gasteiger partial charge in [-0.1, -0.05) is 30.3 Å². The standard InChI is InChI=1S/C19H19N3O6/c23-17(21-12-18(24)28-13-14-4-2-1-3-5-14)10-11-20-19(25)15-6-8-16(9-7-15)22(26)27/h1-9H,10-13H2,(H,20,25)(H,21,23). The number of nitrogens with zero attached hydrogens (tertiary/aromatic N) is 1. The third kappa shape index (κ3) is 6.87. The molecule has 0 aromatic heterocycles. The zero-order chi connectivity index (χ0) is 20.4. The van der Waals surface area contributed by atoms with Crippen LogP contribution >= 0.6 is 0 Å². The highest BCUT2D eigenvalue weighted by Gasteiger charge is 2.11. The first-order valence-electron chi connectivity index (χ1n) is 8.44. The average molecular weight is 385 g/mol. The number of nitrogens with one attached hydrogen (secondary N) is 2. The largest absolute Gasteiger partial charge is 0.460 e. The van der Waals surface area contributed by atoms with Gasteiger partial charge >= 0.3 is 5.97 Å². The lowest BCUT2D eigenvalue weighted by Gasteiger charge is -2.07. The minimum absolute atomic E-state index is 0.0231. The van der Waals surface area contributed by atoms with Crippen molar-refractivity contribution in [2.45, 2.75) is 13.0 Å². The van der Waals surface area contributed by atoms with Crippen molar-refractivity contribution in [2.75, 3.05) is 13.1 Å². The fourth-order valence-corrected chi connectivity index (χ4v) is 2.17. The summed E-state index contributed by atoms with van der Waals surface area (Å²) in [5, 5.41) is 15.5. The maximum Gasteiger partial charge on any atom is 0.325 e. The lowest BCUT2D eigenvalue weighted by Crippen LogP contribution is -2.34. The predicted molar refractivity (Wildman–Crippen MR) is 99.3 cm³/mol. The van der Waals surface area contributed by atoms with Crippen LogP contribution in [0, 0.1) is 10.1 Å². The molecule has 0 saturated heterocycles. The molecule has 2 aromatic carbocycles. The van der Waals surface area contributed by atoms with Gasteiger partial charge in [0, 0.05) is 30.7 Å². The van der Waals surface area contributed by atoms with Crippen molar-refractivity contribution in [1.29, 1.82) is 0 Å². The van der Waals surface area contributed by atoms with E-state index in [1.165, 1.54) is 24.3 Å². The van der Waals surface area contributed by atoms with Gasteiger partial charge in [-0.3, -0.25) is 24.5 Å². The quantitative estimate of drug-likeness (QED) is 0.383. The van der Waals surface area contributed by atoms with Gasteiger partial charge in [-0.2, -0.15) is 0 Å². The van der Waals surface area contributed by atoms with Crippen LogP contribution in [0.25, 0.3) is 0 Å². The third-order valence-electron chi connectivity index (χ3n) is 3.65.